The van der Waals surface area contributed by atoms with Crippen LogP contribution >= 0.6 is 12.4 Å². The SMILES string of the molecule is CC(=O)Oc1cccnc1.Cl. The van der Waals surface area contributed by atoms with E-state index in [1.165, 1.54) is 13.1 Å². The highest BCUT2D eigenvalue weighted by Crippen LogP contribution is 2.05. The van der Waals surface area contributed by atoms with Gasteiger partial charge in [-0.05, 0) is 12.1 Å². The molecule has 1 aromatic rings. The van der Waals surface area contributed by atoms with Crippen LogP contribution in [0, 0.1) is 0 Å². The second kappa shape index (κ2) is 4.68. The van der Waals surface area contributed by atoms with E-state index < -0.39 is 0 Å². The molecule has 60 valence electrons. The van der Waals surface area contributed by atoms with Crippen molar-refractivity contribution in [2.24, 2.45) is 0 Å². The van der Waals surface area contributed by atoms with Crippen LogP contribution < -0.4 is 4.74 Å². The maximum Gasteiger partial charge on any atom is 0.308 e. The Kier molecular flexibility index (Phi) is 4.22. The maximum absolute atomic E-state index is 10.4. The van der Waals surface area contributed by atoms with Gasteiger partial charge in [0.1, 0.15) is 5.75 Å². The van der Waals surface area contributed by atoms with Crippen LogP contribution in [0.4, 0.5) is 0 Å². The number of esters is 1. The van der Waals surface area contributed by atoms with E-state index in [-0.39, 0.29) is 18.4 Å². The third-order valence-electron chi connectivity index (χ3n) is 0.896. The molecule has 0 saturated carbocycles. The molecule has 0 aromatic carbocycles. The predicted octanol–water partition coefficient (Wildman–Crippen LogP) is 1.43. The highest BCUT2D eigenvalue weighted by atomic mass is 35.5. The number of halogens is 1. The molecule has 0 aliphatic carbocycles. The molecule has 0 N–H and O–H groups in total. The molecule has 0 radical (unpaired) electrons. The zero-order valence-electron chi connectivity index (χ0n) is 5.98. The van der Waals surface area contributed by atoms with E-state index in [0.717, 1.165) is 0 Å². The van der Waals surface area contributed by atoms with E-state index in [0.29, 0.717) is 5.75 Å². The van der Waals surface area contributed by atoms with Gasteiger partial charge in [0.2, 0.25) is 0 Å². The smallest absolute Gasteiger partial charge is 0.308 e. The predicted molar refractivity (Wildman–Crippen MR) is 42.8 cm³/mol. The summed E-state index contributed by atoms with van der Waals surface area (Å²) in [5.74, 6) is 0.156. The summed E-state index contributed by atoms with van der Waals surface area (Å²) in [4.78, 5) is 14.1. The van der Waals surface area contributed by atoms with E-state index in [1.54, 1.807) is 18.3 Å². The second-order valence-electron chi connectivity index (χ2n) is 1.78. The number of hydrogen-bond donors (Lipinski definition) is 0. The van der Waals surface area contributed by atoms with Crippen LogP contribution in [0.15, 0.2) is 24.5 Å². The topological polar surface area (TPSA) is 39.2 Å². The molecule has 4 heteroatoms. The Bertz CT molecular complexity index is 225. The molecule has 0 unspecified atom stereocenters. The van der Waals surface area contributed by atoms with Crippen molar-refractivity contribution < 1.29 is 9.53 Å². The highest BCUT2D eigenvalue weighted by Gasteiger charge is 1.93. The molecule has 0 aliphatic rings. The van der Waals surface area contributed by atoms with Gasteiger partial charge in [-0.25, -0.2) is 0 Å². The fraction of sp³-hybridized carbons (Fsp3) is 0.143. The largest absolute Gasteiger partial charge is 0.425 e. The minimum atomic E-state index is -0.326. The van der Waals surface area contributed by atoms with Crippen LogP contribution in [0.1, 0.15) is 6.92 Å². The van der Waals surface area contributed by atoms with Gasteiger partial charge in [-0.1, -0.05) is 0 Å². The Hall–Kier alpha value is -1.09. The Morgan fingerprint density at radius 1 is 1.64 bits per heavy atom. The van der Waals surface area contributed by atoms with Crippen LogP contribution in [0.3, 0.4) is 0 Å². The number of carbonyl (C=O) groups excluding carboxylic acids is 1. The van der Waals surface area contributed by atoms with Gasteiger partial charge in [0.05, 0.1) is 6.20 Å². The van der Waals surface area contributed by atoms with Gasteiger partial charge in [0, 0.05) is 13.1 Å². The molecule has 1 heterocycles. The molecular weight excluding hydrogens is 166 g/mol. The van der Waals surface area contributed by atoms with Crippen molar-refractivity contribution in [1.82, 2.24) is 4.98 Å². The lowest BCUT2D eigenvalue weighted by Crippen LogP contribution is -2.00. The summed E-state index contributed by atoms with van der Waals surface area (Å²) in [6.45, 7) is 1.35. The summed E-state index contributed by atoms with van der Waals surface area (Å²) >= 11 is 0. The molecule has 0 saturated heterocycles. The average molecular weight is 174 g/mol. The summed E-state index contributed by atoms with van der Waals surface area (Å²) in [5, 5.41) is 0. The summed E-state index contributed by atoms with van der Waals surface area (Å²) < 4.78 is 4.71. The summed E-state index contributed by atoms with van der Waals surface area (Å²) in [7, 11) is 0. The molecular formula is C7H8ClNO2. The zero-order chi connectivity index (χ0) is 7.40. The first-order chi connectivity index (χ1) is 4.79. The quantitative estimate of drug-likeness (QED) is 0.603. The Morgan fingerprint density at radius 3 is 2.82 bits per heavy atom. The minimum Gasteiger partial charge on any atom is -0.425 e. The summed E-state index contributed by atoms with van der Waals surface area (Å²) in [5.41, 5.74) is 0. The molecule has 0 bridgehead atoms. The van der Waals surface area contributed by atoms with Gasteiger partial charge >= 0.3 is 5.97 Å². The van der Waals surface area contributed by atoms with Crippen molar-refractivity contribution in [2.45, 2.75) is 6.92 Å². The lowest BCUT2D eigenvalue weighted by Gasteiger charge is -1.96. The molecule has 0 aliphatic heterocycles. The molecule has 1 aromatic heterocycles. The molecule has 0 amide bonds. The first-order valence-electron chi connectivity index (χ1n) is 2.87. The Labute approximate surface area is 70.8 Å². The van der Waals surface area contributed by atoms with Crippen molar-refractivity contribution in [1.29, 1.82) is 0 Å². The van der Waals surface area contributed by atoms with Gasteiger partial charge in [-0.3, -0.25) is 9.78 Å². The number of ether oxygens (including phenoxy) is 1. The van der Waals surface area contributed by atoms with Crippen molar-refractivity contribution in [2.75, 3.05) is 0 Å². The third kappa shape index (κ3) is 3.57. The first-order valence-corrected chi connectivity index (χ1v) is 2.87. The molecule has 11 heavy (non-hydrogen) atoms. The number of carbonyl (C=O) groups is 1. The van der Waals surface area contributed by atoms with E-state index in [4.69, 9.17) is 4.74 Å². The van der Waals surface area contributed by atoms with Crippen molar-refractivity contribution in [3.63, 3.8) is 0 Å². The van der Waals surface area contributed by atoms with E-state index in [2.05, 4.69) is 4.98 Å². The van der Waals surface area contributed by atoms with Crippen LogP contribution in [-0.4, -0.2) is 11.0 Å². The van der Waals surface area contributed by atoms with Crippen molar-refractivity contribution in [3.05, 3.63) is 24.5 Å². The van der Waals surface area contributed by atoms with E-state index in [1.807, 2.05) is 0 Å². The normalized spacial score (nSPS) is 8.09. The van der Waals surface area contributed by atoms with Crippen molar-refractivity contribution >= 4 is 18.4 Å². The van der Waals surface area contributed by atoms with Gasteiger partial charge in [0.15, 0.2) is 0 Å². The average Bonchev–Trinajstić information content (AvgIpc) is 1.88. The van der Waals surface area contributed by atoms with Crippen LogP contribution in [0.2, 0.25) is 0 Å². The van der Waals surface area contributed by atoms with Crippen LogP contribution in [-0.2, 0) is 4.79 Å². The molecule has 0 atom stereocenters. The number of hydrogen-bond acceptors (Lipinski definition) is 3. The molecule has 0 fully saturated rings. The maximum atomic E-state index is 10.4. The monoisotopic (exact) mass is 173 g/mol. The van der Waals surface area contributed by atoms with Gasteiger partial charge in [-0.15, -0.1) is 12.4 Å². The van der Waals surface area contributed by atoms with E-state index >= 15 is 0 Å². The number of pyridine rings is 1. The zero-order valence-corrected chi connectivity index (χ0v) is 6.80. The Morgan fingerprint density at radius 2 is 2.36 bits per heavy atom. The molecule has 3 nitrogen and oxygen atoms in total. The third-order valence-corrected chi connectivity index (χ3v) is 0.896. The number of nitrogens with zero attached hydrogens (tertiary/aromatic N) is 1. The van der Waals surface area contributed by atoms with Crippen molar-refractivity contribution in [3.8, 4) is 5.75 Å². The lowest BCUT2D eigenvalue weighted by atomic mass is 10.5. The van der Waals surface area contributed by atoms with E-state index in [9.17, 15) is 4.79 Å². The first kappa shape index (κ1) is 9.91. The molecule has 1 rings (SSSR count). The van der Waals surface area contributed by atoms with Gasteiger partial charge < -0.3 is 4.74 Å². The van der Waals surface area contributed by atoms with Gasteiger partial charge in [-0.2, -0.15) is 0 Å². The fourth-order valence-corrected chi connectivity index (χ4v) is 0.573. The highest BCUT2D eigenvalue weighted by molar-refractivity contribution is 5.85. The van der Waals surface area contributed by atoms with Gasteiger partial charge in [0.25, 0.3) is 0 Å². The summed E-state index contributed by atoms with van der Waals surface area (Å²) in [6.07, 6.45) is 3.11. The number of rotatable bonds is 1. The number of aromatic nitrogens is 1. The molecule has 0 spiro atoms. The van der Waals surface area contributed by atoms with Crippen LogP contribution in [0.25, 0.3) is 0 Å². The fourth-order valence-electron chi connectivity index (χ4n) is 0.573. The second-order valence-corrected chi connectivity index (χ2v) is 1.78. The Balaban J connectivity index is 0.000001000. The summed E-state index contributed by atoms with van der Waals surface area (Å²) in [6, 6.07) is 3.38. The minimum absolute atomic E-state index is 0. The van der Waals surface area contributed by atoms with Crippen LogP contribution in [0.5, 0.6) is 5.75 Å². The standard InChI is InChI=1S/C7H7NO2.ClH/c1-6(9)10-7-3-2-4-8-5-7;/h2-5H,1H3;1H. The lowest BCUT2D eigenvalue weighted by molar-refractivity contribution is -0.131.